The molecule has 0 aliphatic heterocycles. The van der Waals surface area contributed by atoms with Crippen LogP contribution in [0.2, 0.25) is 0 Å². The van der Waals surface area contributed by atoms with E-state index in [1.807, 2.05) is 0 Å². The van der Waals surface area contributed by atoms with E-state index in [-0.39, 0.29) is 11.6 Å². The number of carbonyl (C=O) groups is 1. The average molecular weight is 281 g/mol. The minimum Gasteiger partial charge on any atom is -0.494 e. The van der Waals surface area contributed by atoms with Gasteiger partial charge in [-0.25, -0.2) is 4.39 Å². The van der Waals surface area contributed by atoms with E-state index in [4.69, 9.17) is 15.7 Å². The third-order valence-corrected chi connectivity index (χ3v) is 3.65. The van der Waals surface area contributed by atoms with Crippen LogP contribution in [-0.2, 0) is 4.79 Å². The van der Waals surface area contributed by atoms with Gasteiger partial charge in [0.1, 0.15) is 5.41 Å². The van der Waals surface area contributed by atoms with Crippen LogP contribution < -0.4 is 15.8 Å². The maximum Gasteiger partial charge on any atom is 0.238 e. The molecule has 108 valence electrons. The molecule has 0 radical (unpaired) electrons. The van der Waals surface area contributed by atoms with Crippen LogP contribution in [0.5, 0.6) is 5.75 Å². The third kappa shape index (κ3) is 2.26. The van der Waals surface area contributed by atoms with Crippen LogP contribution in [0, 0.1) is 11.2 Å². The number of amidine groups is 1. The molecule has 6 nitrogen and oxygen atoms in total. The average Bonchev–Trinajstić information content (AvgIpc) is 2.37. The normalized spacial score (nSPS) is 17.2. The lowest BCUT2D eigenvalue weighted by atomic mass is 9.67. The Bertz CT molecular complexity index is 556. The summed E-state index contributed by atoms with van der Waals surface area (Å²) < 4.78 is 18.4. The van der Waals surface area contributed by atoms with Crippen molar-refractivity contribution in [3.05, 3.63) is 24.0 Å². The lowest BCUT2D eigenvalue weighted by molar-refractivity contribution is -0.125. The zero-order valence-corrected chi connectivity index (χ0v) is 11.0. The zero-order valence-electron chi connectivity index (χ0n) is 11.0. The first kappa shape index (κ1) is 14.1. The molecule has 7 heteroatoms. The van der Waals surface area contributed by atoms with Crippen molar-refractivity contribution in [1.82, 2.24) is 0 Å². The van der Waals surface area contributed by atoms with Crippen molar-refractivity contribution in [3.8, 4) is 5.75 Å². The van der Waals surface area contributed by atoms with Crippen molar-refractivity contribution in [2.24, 2.45) is 16.3 Å². The van der Waals surface area contributed by atoms with E-state index < -0.39 is 17.1 Å². The molecule has 0 unspecified atom stereocenters. The summed E-state index contributed by atoms with van der Waals surface area (Å²) in [5.74, 6) is -0.992. The number of benzene rings is 1. The standard InChI is InChI=1S/C13H16FN3O3/c1-20-10-4-3-8(7-9(10)14)16-12(18)13(5-2-6-13)11(15)17-19/h3-4,7,19H,2,5-6H2,1H3,(H2,15,17)(H,16,18). The van der Waals surface area contributed by atoms with E-state index >= 15 is 0 Å². The molecule has 4 N–H and O–H groups in total. The summed E-state index contributed by atoms with van der Waals surface area (Å²) in [5, 5.41) is 14.3. The molecule has 1 aliphatic carbocycles. The molecule has 0 heterocycles. The number of hydrogen-bond donors (Lipinski definition) is 3. The molecule has 1 aromatic carbocycles. The lowest BCUT2D eigenvalue weighted by Crippen LogP contribution is -2.51. The minimum atomic E-state index is -0.995. The van der Waals surface area contributed by atoms with Gasteiger partial charge in [0.15, 0.2) is 17.4 Å². The highest BCUT2D eigenvalue weighted by molar-refractivity contribution is 6.12. The Kier molecular flexibility index (Phi) is 3.78. The predicted octanol–water partition coefficient (Wildman–Crippen LogP) is 1.69. The Morgan fingerprint density at radius 1 is 1.55 bits per heavy atom. The largest absolute Gasteiger partial charge is 0.494 e. The molecule has 0 aromatic heterocycles. The van der Waals surface area contributed by atoms with Gasteiger partial charge in [-0.3, -0.25) is 4.79 Å². The van der Waals surface area contributed by atoms with Gasteiger partial charge in [-0.1, -0.05) is 11.6 Å². The van der Waals surface area contributed by atoms with Gasteiger partial charge in [-0.15, -0.1) is 0 Å². The predicted molar refractivity (Wildman–Crippen MR) is 71.3 cm³/mol. The SMILES string of the molecule is COc1ccc(NC(=O)C2(/C(N)=N/O)CCC2)cc1F. The molecule has 0 atom stereocenters. The van der Waals surface area contributed by atoms with E-state index in [2.05, 4.69) is 10.5 Å². The van der Waals surface area contributed by atoms with Gasteiger partial charge in [-0.05, 0) is 25.0 Å². The maximum atomic E-state index is 13.6. The van der Waals surface area contributed by atoms with E-state index in [9.17, 15) is 9.18 Å². The summed E-state index contributed by atoms with van der Waals surface area (Å²) in [4.78, 5) is 12.2. The van der Waals surface area contributed by atoms with Crippen LogP contribution >= 0.6 is 0 Å². The summed E-state index contributed by atoms with van der Waals surface area (Å²) >= 11 is 0. The number of nitrogens with zero attached hydrogens (tertiary/aromatic N) is 1. The highest BCUT2D eigenvalue weighted by atomic mass is 19.1. The number of nitrogens with one attached hydrogen (secondary N) is 1. The number of halogens is 1. The minimum absolute atomic E-state index is 0.0952. The number of hydrogen-bond acceptors (Lipinski definition) is 4. The zero-order chi connectivity index (χ0) is 14.8. The summed E-state index contributed by atoms with van der Waals surface area (Å²) in [5.41, 5.74) is 4.89. The van der Waals surface area contributed by atoms with E-state index in [1.54, 1.807) is 0 Å². The van der Waals surface area contributed by atoms with Crippen LogP contribution in [0.25, 0.3) is 0 Å². The van der Waals surface area contributed by atoms with Crippen LogP contribution in [-0.4, -0.2) is 24.1 Å². The van der Waals surface area contributed by atoms with Crippen LogP contribution in [0.4, 0.5) is 10.1 Å². The molecule has 20 heavy (non-hydrogen) atoms. The number of methoxy groups -OCH3 is 1. The Hall–Kier alpha value is -2.31. The molecular formula is C13H16FN3O3. The van der Waals surface area contributed by atoms with Crippen molar-refractivity contribution >= 4 is 17.4 Å². The maximum absolute atomic E-state index is 13.6. The molecule has 1 aromatic rings. The van der Waals surface area contributed by atoms with Crippen molar-refractivity contribution in [2.45, 2.75) is 19.3 Å². The van der Waals surface area contributed by atoms with Gasteiger partial charge in [0.25, 0.3) is 0 Å². The van der Waals surface area contributed by atoms with Gasteiger partial charge in [0, 0.05) is 11.8 Å². The number of amides is 1. The van der Waals surface area contributed by atoms with Gasteiger partial charge in [0.05, 0.1) is 7.11 Å². The molecule has 1 saturated carbocycles. The number of ether oxygens (including phenoxy) is 1. The molecule has 1 amide bonds. The summed E-state index contributed by atoms with van der Waals surface area (Å²) in [6.07, 6.45) is 1.83. The first-order valence-corrected chi connectivity index (χ1v) is 6.16. The number of anilines is 1. The number of nitrogens with two attached hydrogens (primary N) is 1. The fourth-order valence-electron chi connectivity index (χ4n) is 2.22. The monoisotopic (exact) mass is 281 g/mol. The topological polar surface area (TPSA) is 96.9 Å². The molecular weight excluding hydrogens is 265 g/mol. The van der Waals surface area contributed by atoms with Crippen molar-refractivity contribution in [2.75, 3.05) is 12.4 Å². The third-order valence-electron chi connectivity index (χ3n) is 3.65. The van der Waals surface area contributed by atoms with E-state index in [0.717, 1.165) is 12.5 Å². The highest BCUT2D eigenvalue weighted by Gasteiger charge is 2.48. The van der Waals surface area contributed by atoms with E-state index in [0.29, 0.717) is 18.5 Å². The first-order chi connectivity index (χ1) is 9.53. The smallest absolute Gasteiger partial charge is 0.238 e. The van der Waals surface area contributed by atoms with Crippen LogP contribution in [0.15, 0.2) is 23.4 Å². The fraction of sp³-hybridized carbons (Fsp3) is 0.385. The van der Waals surface area contributed by atoms with Gasteiger partial charge >= 0.3 is 0 Å². The second-order valence-electron chi connectivity index (χ2n) is 4.72. The second kappa shape index (κ2) is 5.36. The number of oxime groups is 1. The number of carbonyl (C=O) groups excluding carboxylic acids is 1. The second-order valence-corrected chi connectivity index (χ2v) is 4.72. The Balaban J connectivity index is 2.17. The first-order valence-electron chi connectivity index (χ1n) is 6.16. The van der Waals surface area contributed by atoms with Gasteiger partial charge < -0.3 is 21.0 Å². The molecule has 0 saturated heterocycles. The Labute approximate surface area is 115 Å². The highest BCUT2D eigenvalue weighted by Crippen LogP contribution is 2.42. The Morgan fingerprint density at radius 2 is 2.25 bits per heavy atom. The van der Waals surface area contributed by atoms with Crippen LogP contribution in [0.3, 0.4) is 0 Å². The molecule has 1 aliphatic rings. The molecule has 2 rings (SSSR count). The molecule has 0 spiro atoms. The summed E-state index contributed by atoms with van der Waals surface area (Å²) in [6, 6.07) is 4.11. The van der Waals surface area contributed by atoms with Gasteiger partial charge in [0.2, 0.25) is 5.91 Å². The molecule has 0 bridgehead atoms. The van der Waals surface area contributed by atoms with Crippen molar-refractivity contribution < 1.29 is 19.1 Å². The summed E-state index contributed by atoms with van der Waals surface area (Å²) in [6.45, 7) is 0. The summed E-state index contributed by atoms with van der Waals surface area (Å²) in [7, 11) is 1.36. The fourth-order valence-corrected chi connectivity index (χ4v) is 2.22. The molecule has 1 fully saturated rings. The van der Waals surface area contributed by atoms with Crippen molar-refractivity contribution in [1.29, 1.82) is 0 Å². The van der Waals surface area contributed by atoms with Gasteiger partial charge in [-0.2, -0.15) is 0 Å². The van der Waals surface area contributed by atoms with Crippen molar-refractivity contribution in [3.63, 3.8) is 0 Å². The van der Waals surface area contributed by atoms with Crippen LogP contribution in [0.1, 0.15) is 19.3 Å². The quantitative estimate of drug-likeness (QED) is 0.338. The lowest BCUT2D eigenvalue weighted by Gasteiger charge is -2.38. The number of rotatable bonds is 4. The Morgan fingerprint density at radius 3 is 2.70 bits per heavy atom. The van der Waals surface area contributed by atoms with E-state index in [1.165, 1.54) is 19.2 Å².